The zero-order chi connectivity index (χ0) is 15.6. The molecule has 5 heteroatoms. The van der Waals surface area contributed by atoms with Crippen molar-refractivity contribution in [2.45, 2.75) is 60.2 Å². The van der Waals surface area contributed by atoms with Gasteiger partial charge in [0.05, 0.1) is 11.0 Å². The lowest BCUT2D eigenvalue weighted by Crippen LogP contribution is -2.23. The van der Waals surface area contributed by atoms with Gasteiger partial charge >= 0.3 is 0 Å². The Labute approximate surface area is 131 Å². The monoisotopic (exact) mass is 307 g/mol. The number of nitrogens with one attached hydrogen (secondary N) is 1. The van der Waals surface area contributed by atoms with Crippen molar-refractivity contribution < 1.29 is 4.74 Å². The predicted molar refractivity (Wildman–Crippen MR) is 90.2 cm³/mol. The first-order valence-corrected chi connectivity index (χ1v) is 8.34. The van der Waals surface area contributed by atoms with Crippen LogP contribution in [0.25, 0.3) is 10.2 Å². The highest BCUT2D eigenvalue weighted by molar-refractivity contribution is 7.18. The summed E-state index contributed by atoms with van der Waals surface area (Å²) in [7, 11) is 0. The SMILES string of the molecule is CCNc1nc(COC(C)(C)CC)nc2sc(C)c(C)c12. The Morgan fingerprint density at radius 2 is 1.90 bits per heavy atom. The molecule has 0 atom stereocenters. The number of ether oxygens (including phenoxy) is 1. The molecule has 0 fully saturated rings. The average Bonchev–Trinajstić information content (AvgIpc) is 2.72. The van der Waals surface area contributed by atoms with Crippen molar-refractivity contribution in [1.82, 2.24) is 9.97 Å². The Balaban J connectivity index is 2.38. The van der Waals surface area contributed by atoms with Crippen LogP contribution in [-0.4, -0.2) is 22.1 Å². The van der Waals surface area contributed by atoms with E-state index in [1.807, 2.05) is 0 Å². The molecular formula is C16H25N3OS. The second-order valence-corrected chi connectivity index (χ2v) is 7.09. The standard InChI is InChI=1S/C16H25N3OS/c1-7-16(5,6)20-9-12-18-14(17-8-2)13-10(3)11(4)21-15(13)19-12/h7-9H2,1-6H3,(H,17,18,19). The van der Waals surface area contributed by atoms with E-state index in [0.717, 1.165) is 34.8 Å². The molecule has 0 aromatic carbocycles. The molecule has 0 aliphatic carbocycles. The Morgan fingerprint density at radius 1 is 1.19 bits per heavy atom. The highest BCUT2D eigenvalue weighted by Crippen LogP contribution is 2.33. The van der Waals surface area contributed by atoms with E-state index in [1.165, 1.54) is 10.4 Å². The third-order valence-corrected chi connectivity index (χ3v) is 4.96. The van der Waals surface area contributed by atoms with Gasteiger partial charge in [-0.15, -0.1) is 11.3 Å². The van der Waals surface area contributed by atoms with Gasteiger partial charge in [0.2, 0.25) is 0 Å². The van der Waals surface area contributed by atoms with Gasteiger partial charge in [-0.2, -0.15) is 0 Å². The van der Waals surface area contributed by atoms with Gasteiger partial charge in [-0.3, -0.25) is 0 Å². The molecule has 0 amide bonds. The van der Waals surface area contributed by atoms with Crippen LogP contribution in [0.15, 0.2) is 0 Å². The summed E-state index contributed by atoms with van der Waals surface area (Å²) in [6, 6.07) is 0. The molecular weight excluding hydrogens is 282 g/mol. The van der Waals surface area contributed by atoms with Crippen molar-refractivity contribution in [2.75, 3.05) is 11.9 Å². The van der Waals surface area contributed by atoms with Gasteiger partial charge in [0.15, 0.2) is 5.82 Å². The van der Waals surface area contributed by atoms with Gasteiger partial charge in [0.25, 0.3) is 0 Å². The molecule has 0 saturated heterocycles. The van der Waals surface area contributed by atoms with Crippen molar-refractivity contribution in [3.05, 3.63) is 16.3 Å². The van der Waals surface area contributed by atoms with Crippen LogP contribution < -0.4 is 5.32 Å². The quantitative estimate of drug-likeness (QED) is 0.856. The van der Waals surface area contributed by atoms with Crippen molar-refractivity contribution in [3.8, 4) is 0 Å². The third-order valence-electron chi connectivity index (χ3n) is 3.86. The number of fused-ring (bicyclic) bond motifs is 1. The van der Waals surface area contributed by atoms with Crippen molar-refractivity contribution in [2.24, 2.45) is 0 Å². The van der Waals surface area contributed by atoms with Crippen LogP contribution >= 0.6 is 11.3 Å². The number of anilines is 1. The molecule has 0 spiro atoms. The molecule has 2 rings (SSSR count). The van der Waals surface area contributed by atoms with Crippen LogP contribution in [0.3, 0.4) is 0 Å². The maximum absolute atomic E-state index is 5.94. The lowest BCUT2D eigenvalue weighted by atomic mass is 10.1. The fraction of sp³-hybridized carbons (Fsp3) is 0.625. The Bertz CT molecular complexity index is 634. The minimum atomic E-state index is -0.141. The van der Waals surface area contributed by atoms with Crippen molar-refractivity contribution >= 4 is 27.4 Å². The molecule has 2 aromatic heterocycles. The largest absolute Gasteiger partial charge is 0.370 e. The van der Waals surface area contributed by atoms with Crippen LogP contribution in [0.1, 0.15) is 50.4 Å². The summed E-state index contributed by atoms with van der Waals surface area (Å²) in [5.41, 5.74) is 1.13. The molecule has 0 radical (unpaired) electrons. The van der Waals surface area contributed by atoms with Gasteiger partial charge in [-0.1, -0.05) is 6.92 Å². The van der Waals surface area contributed by atoms with Gasteiger partial charge in [-0.05, 0) is 46.6 Å². The minimum absolute atomic E-state index is 0.141. The highest BCUT2D eigenvalue weighted by Gasteiger charge is 2.18. The molecule has 0 aliphatic rings. The Kier molecular flexibility index (Phi) is 4.84. The van der Waals surface area contributed by atoms with E-state index < -0.39 is 0 Å². The van der Waals surface area contributed by atoms with E-state index in [9.17, 15) is 0 Å². The van der Waals surface area contributed by atoms with Crippen molar-refractivity contribution in [3.63, 3.8) is 0 Å². The first kappa shape index (κ1) is 16.2. The van der Waals surface area contributed by atoms with E-state index in [2.05, 4.69) is 56.8 Å². The minimum Gasteiger partial charge on any atom is -0.370 e. The summed E-state index contributed by atoms with van der Waals surface area (Å²) in [6.07, 6.45) is 0.965. The van der Waals surface area contributed by atoms with E-state index in [4.69, 9.17) is 4.74 Å². The fourth-order valence-electron chi connectivity index (χ4n) is 2.02. The number of thiophene rings is 1. The summed E-state index contributed by atoms with van der Waals surface area (Å²) < 4.78 is 5.94. The Morgan fingerprint density at radius 3 is 2.52 bits per heavy atom. The van der Waals surface area contributed by atoms with Crippen molar-refractivity contribution in [1.29, 1.82) is 0 Å². The van der Waals surface area contributed by atoms with Gasteiger partial charge in [0.1, 0.15) is 17.3 Å². The third kappa shape index (κ3) is 3.52. The second kappa shape index (κ2) is 6.28. The molecule has 116 valence electrons. The molecule has 4 nitrogen and oxygen atoms in total. The van der Waals surface area contributed by atoms with Gasteiger partial charge < -0.3 is 10.1 Å². The normalized spacial score (nSPS) is 12.1. The highest BCUT2D eigenvalue weighted by atomic mass is 32.1. The zero-order valence-corrected chi connectivity index (χ0v) is 14.6. The number of hydrogen-bond donors (Lipinski definition) is 1. The van der Waals surface area contributed by atoms with Crippen LogP contribution in [0, 0.1) is 13.8 Å². The van der Waals surface area contributed by atoms with E-state index in [1.54, 1.807) is 11.3 Å². The molecule has 0 unspecified atom stereocenters. The molecule has 2 heterocycles. The summed E-state index contributed by atoms with van der Waals surface area (Å²) in [4.78, 5) is 11.7. The van der Waals surface area contributed by atoms with E-state index in [-0.39, 0.29) is 5.60 Å². The molecule has 0 bridgehead atoms. The maximum atomic E-state index is 5.94. The summed E-state index contributed by atoms with van der Waals surface area (Å²) in [6.45, 7) is 14.0. The number of aryl methyl sites for hydroxylation is 2. The molecule has 21 heavy (non-hydrogen) atoms. The van der Waals surface area contributed by atoms with Gasteiger partial charge in [0, 0.05) is 11.4 Å². The van der Waals surface area contributed by atoms with Crippen LogP contribution in [-0.2, 0) is 11.3 Å². The van der Waals surface area contributed by atoms with Crippen LogP contribution in [0.2, 0.25) is 0 Å². The van der Waals surface area contributed by atoms with E-state index >= 15 is 0 Å². The summed E-state index contributed by atoms with van der Waals surface area (Å²) in [5, 5.41) is 4.51. The molecule has 0 aliphatic heterocycles. The number of nitrogens with zero attached hydrogens (tertiary/aromatic N) is 2. The topological polar surface area (TPSA) is 47.0 Å². The molecule has 0 saturated carbocycles. The van der Waals surface area contributed by atoms with Crippen LogP contribution in [0.5, 0.6) is 0 Å². The number of hydrogen-bond acceptors (Lipinski definition) is 5. The lowest BCUT2D eigenvalue weighted by Gasteiger charge is -2.23. The zero-order valence-electron chi connectivity index (χ0n) is 13.8. The smallest absolute Gasteiger partial charge is 0.158 e. The lowest BCUT2D eigenvalue weighted by molar-refractivity contribution is -0.0343. The second-order valence-electron chi connectivity index (χ2n) is 5.88. The maximum Gasteiger partial charge on any atom is 0.158 e. The molecule has 2 aromatic rings. The number of aromatic nitrogens is 2. The average molecular weight is 307 g/mol. The first-order valence-electron chi connectivity index (χ1n) is 7.52. The van der Waals surface area contributed by atoms with Gasteiger partial charge in [-0.25, -0.2) is 9.97 Å². The Hall–Kier alpha value is -1.20. The first-order chi connectivity index (χ1) is 9.88. The fourth-order valence-corrected chi connectivity index (χ4v) is 3.06. The molecule has 1 N–H and O–H groups in total. The summed E-state index contributed by atoms with van der Waals surface area (Å²) in [5.74, 6) is 1.68. The summed E-state index contributed by atoms with van der Waals surface area (Å²) >= 11 is 1.73. The van der Waals surface area contributed by atoms with Crippen LogP contribution in [0.4, 0.5) is 5.82 Å². The number of rotatable bonds is 6. The van der Waals surface area contributed by atoms with E-state index in [0.29, 0.717) is 6.61 Å². The predicted octanol–water partition coefficient (Wildman–Crippen LogP) is 4.45.